The van der Waals surface area contributed by atoms with Gasteiger partial charge in [-0.15, -0.1) is 0 Å². The molecule has 0 aromatic rings. The van der Waals surface area contributed by atoms with E-state index in [9.17, 15) is 4.79 Å². The molecule has 0 spiro atoms. The minimum absolute atomic E-state index is 0.159. The fourth-order valence-electron chi connectivity index (χ4n) is 2.26. The summed E-state index contributed by atoms with van der Waals surface area (Å²) in [6, 6.07) is 0. The van der Waals surface area contributed by atoms with Crippen LogP contribution in [0.2, 0.25) is 0 Å². The van der Waals surface area contributed by atoms with Gasteiger partial charge in [0, 0.05) is 0 Å². The molecule has 4 nitrogen and oxygen atoms in total. The molecule has 1 aliphatic heterocycles. The molecule has 0 radical (unpaired) electrons. The van der Waals surface area contributed by atoms with Crippen molar-refractivity contribution in [2.75, 3.05) is 32.7 Å². The van der Waals surface area contributed by atoms with Gasteiger partial charge in [-0.25, -0.2) is 0 Å². The van der Waals surface area contributed by atoms with E-state index in [1.807, 2.05) is 20.8 Å². The maximum Gasteiger partial charge on any atom is 0.320 e. The summed E-state index contributed by atoms with van der Waals surface area (Å²) in [7, 11) is 0. The van der Waals surface area contributed by atoms with Gasteiger partial charge < -0.3 is 15.0 Å². The molecule has 1 heterocycles. The van der Waals surface area contributed by atoms with Crippen molar-refractivity contribution in [3.05, 3.63) is 0 Å². The average Bonchev–Trinajstić information content (AvgIpc) is 2.27. The topological polar surface area (TPSA) is 41.6 Å². The van der Waals surface area contributed by atoms with Crippen LogP contribution in [0.3, 0.4) is 0 Å². The van der Waals surface area contributed by atoms with Crippen molar-refractivity contribution < 1.29 is 9.53 Å². The Morgan fingerprint density at radius 3 is 2.44 bits per heavy atom. The third kappa shape index (κ3) is 6.36. The predicted molar refractivity (Wildman–Crippen MR) is 73.6 cm³/mol. The average molecular weight is 256 g/mol. The Morgan fingerprint density at radius 1 is 1.33 bits per heavy atom. The molecule has 1 rings (SSSR count). The molecule has 1 aliphatic rings. The van der Waals surface area contributed by atoms with Crippen LogP contribution in [-0.4, -0.2) is 49.2 Å². The number of carbonyl (C=O) groups is 1. The van der Waals surface area contributed by atoms with Crippen molar-refractivity contribution in [3.8, 4) is 0 Å². The van der Waals surface area contributed by atoms with Crippen LogP contribution in [-0.2, 0) is 9.53 Å². The van der Waals surface area contributed by atoms with Crippen LogP contribution in [0, 0.1) is 5.92 Å². The van der Waals surface area contributed by atoms with E-state index < -0.39 is 0 Å². The van der Waals surface area contributed by atoms with Gasteiger partial charge in [0.25, 0.3) is 0 Å². The molecule has 0 unspecified atom stereocenters. The van der Waals surface area contributed by atoms with E-state index in [-0.39, 0.29) is 11.6 Å². The monoisotopic (exact) mass is 256 g/mol. The zero-order valence-corrected chi connectivity index (χ0v) is 12.3. The second-order valence-electron chi connectivity index (χ2n) is 6.09. The highest BCUT2D eigenvalue weighted by Crippen LogP contribution is 2.15. The summed E-state index contributed by atoms with van der Waals surface area (Å²) in [5.74, 6) is 0.545. The Labute approximate surface area is 111 Å². The Kier molecular flexibility index (Phi) is 6.09. The maximum atomic E-state index is 11.5. The lowest BCUT2D eigenvalue weighted by Crippen LogP contribution is -2.39. The number of nitrogens with one attached hydrogen (secondary N) is 1. The molecule has 0 aromatic heterocycles. The third-order valence-electron chi connectivity index (χ3n) is 3.28. The number of likely N-dealkylation sites (tertiary alicyclic amines) is 1. The van der Waals surface area contributed by atoms with Gasteiger partial charge >= 0.3 is 5.97 Å². The molecule has 1 saturated heterocycles. The highest BCUT2D eigenvalue weighted by Gasteiger charge is 2.19. The molecule has 0 saturated carbocycles. The van der Waals surface area contributed by atoms with Crippen LogP contribution in [0.25, 0.3) is 0 Å². The Bertz CT molecular complexity index is 253. The summed E-state index contributed by atoms with van der Waals surface area (Å²) < 4.78 is 5.25. The summed E-state index contributed by atoms with van der Waals surface area (Å²) in [4.78, 5) is 14.0. The minimum atomic E-state index is -0.384. The summed E-state index contributed by atoms with van der Waals surface area (Å²) in [6.07, 6.45) is 2.46. The van der Waals surface area contributed by atoms with Crippen molar-refractivity contribution in [1.29, 1.82) is 0 Å². The van der Waals surface area contributed by atoms with E-state index in [1.54, 1.807) is 0 Å². The SMILES string of the molecule is CCN1CCC(CNCC(=O)OC(C)(C)C)CC1. The van der Waals surface area contributed by atoms with Crippen LogP contribution in [0.15, 0.2) is 0 Å². The molecule has 1 fully saturated rings. The number of ether oxygens (including phenoxy) is 1. The third-order valence-corrected chi connectivity index (χ3v) is 3.28. The number of rotatable bonds is 5. The molecule has 0 aromatic carbocycles. The largest absolute Gasteiger partial charge is 0.459 e. The van der Waals surface area contributed by atoms with E-state index >= 15 is 0 Å². The van der Waals surface area contributed by atoms with Gasteiger partial charge in [-0.3, -0.25) is 4.79 Å². The van der Waals surface area contributed by atoms with E-state index in [0.29, 0.717) is 12.5 Å². The van der Waals surface area contributed by atoms with Gasteiger partial charge in [-0.2, -0.15) is 0 Å². The smallest absolute Gasteiger partial charge is 0.320 e. The summed E-state index contributed by atoms with van der Waals surface area (Å²) >= 11 is 0. The van der Waals surface area contributed by atoms with E-state index in [4.69, 9.17) is 4.74 Å². The number of carbonyl (C=O) groups excluding carboxylic acids is 1. The molecule has 106 valence electrons. The van der Waals surface area contributed by atoms with Crippen LogP contribution in [0.5, 0.6) is 0 Å². The van der Waals surface area contributed by atoms with Crippen molar-refractivity contribution >= 4 is 5.97 Å². The molecule has 0 aliphatic carbocycles. The number of hydrogen-bond donors (Lipinski definition) is 1. The quantitative estimate of drug-likeness (QED) is 0.760. The molecule has 1 N–H and O–H groups in total. The molecule has 18 heavy (non-hydrogen) atoms. The van der Waals surface area contributed by atoms with Crippen LogP contribution in [0.4, 0.5) is 0 Å². The Hall–Kier alpha value is -0.610. The molecule has 0 bridgehead atoms. The van der Waals surface area contributed by atoms with Gasteiger partial charge in [0.15, 0.2) is 0 Å². The molecular weight excluding hydrogens is 228 g/mol. The first-order valence-corrected chi connectivity index (χ1v) is 7.05. The molecular formula is C14H28N2O2. The normalized spacial score (nSPS) is 18.9. The van der Waals surface area contributed by atoms with Gasteiger partial charge in [-0.1, -0.05) is 6.92 Å². The zero-order chi connectivity index (χ0) is 13.6. The van der Waals surface area contributed by atoms with E-state index in [1.165, 1.54) is 25.9 Å². The highest BCUT2D eigenvalue weighted by atomic mass is 16.6. The summed E-state index contributed by atoms with van der Waals surface area (Å²) in [6.45, 7) is 12.7. The molecule has 0 amide bonds. The second-order valence-corrected chi connectivity index (χ2v) is 6.09. The van der Waals surface area contributed by atoms with E-state index in [0.717, 1.165) is 13.1 Å². The van der Waals surface area contributed by atoms with Crippen molar-refractivity contribution in [3.63, 3.8) is 0 Å². The lowest BCUT2D eigenvalue weighted by atomic mass is 9.97. The first-order valence-electron chi connectivity index (χ1n) is 7.05. The first kappa shape index (κ1) is 15.4. The lowest BCUT2D eigenvalue weighted by Gasteiger charge is -2.31. The van der Waals surface area contributed by atoms with Gasteiger partial charge in [0.1, 0.15) is 5.60 Å². The van der Waals surface area contributed by atoms with E-state index in [2.05, 4.69) is 17.1 Å². The van der Waals surface area contributed by atoms with Crippen LogP contribution in [0.1, 0.15) is 40.5 Å². The summed E-state index contributed by atoms with van der Waals surface area (Å²) in [5.41, 5.74) is -0.384. The number of piperidine rings is 1. The van der Waals surface area contributed by atoms with Gasteiger partial charge in [0.2, 0.25) is 0 Å². The predicted octanol–water partition coefficient (Wildman–Crippen LogP) is 1.65. The highest BCUT2D eigenvalue weighted by molar-refractivity contribution is 5.72. The minimum Gasteiger partial charge on any atom is -0.459 e. The zero-order valence-electron chi connectivity index (χ0n) is 12.3. The standard InChI is InChI=1S/C14H28N2O2/c1-5-16-8-6-12(7-9-16)10-15-11-13(17)18-14(2,3)4/h12,15H,5-11H2,1-4H3. The van der Waals surface area contributed by atoms with Crippen molar-refractivity contribution in [2.45, 2.75) is 46.1 Å². The first-order chi connectivity index (χ1) is 8.40. The summed E-state index contributed by atoms with van der Waals surface area (Å²) in [5, 5.41) is 3.22. The maximum absolute atomic E-state index is 11.5. The Morgan fingerprint density at radius 2 is 1.94 bits per heavy atom. The van der Waals surface area contributed by atoms with Crippen molar-refractivity contribution in [1.82, 2.24) is 10.2 Å². The van der Waals surface area contributed by atoms with Crippen LogP contribution < -0.4 is 5.32 Å². The molecule has 4 heteroatoms. The Balaban J connectivity index is 2.10. The number of hydrogen-bond acceptors (Lipinski definition) is 4. The van der Waals surface area contributed by atoms with Crippen LogP contribution >= 0.6 is 0 Å². The fraction of sp³-hybridized carbons (Fsp3) is 0.929. The fourth-order valence-corrected chi connectivity index (χ4v) is 2.26. The lowest BCUT2D eigenvalue weighted by molar-refractivity contribution is -0.153. The van der Waals surface area contributed by atoms with Crippen molar-refractivity contribution in [2.24, 2.45) is 5.92 Å². The second kappa shape index (κ2) is 7.10. The number of esters is 1. The van der Waals surface area contributed by atoms with Gasteiger partial charge in [-0.05, 0) is 65.7 Å². The number of nitrogens with zero attached hydrogens (tertiary/aromatic N) is 1. The van der Waals surface area contributed by atoms with Gasteiger partial charge in [0.05, 0.1) is 6.54 Å². The molecule has 0 atom stereocenters.